The van der Waals surface area contributed by atoms with Gasteiger partial charge in [-0.3, -0.25) is 9.78 Å². The van der Waals surface area contributed by atoms with E-state index < -0.39 is 0 Å². The summed E-state index contributed by atoms with van der Waals surface area (Å²) in [6.07, 6.45) is 7.59. The van der Waals surface area contributed by atoms with E-state index in [1.807, 2.05) is 4.90 Å². The van der Waals surface area contributed by atoms with E-state index in [4.69, 9.17) is 5.73 Å². The van der Waals surface area contributed by atoms with Crippen molar-refractivity contribution in [1.82, 2.24) is 19.5 Å². The molecule has 1 aliphatic rings. The molecule has 3 rings (SSSR count). The van der Waals surface area contributed by atoms with Crippen LogP contribution in [0.4, 0.5) is 0 Å². The van der Waals surface area contributed by atoms with E-state index in [0.717, 1.165) is 18.5 Å². The molecule has 19 heavy (non-hydrogen) atoms. The molecule has 2 aromatic heterocycles. The first kappa shape index (κ1) is 12.1. The first-order valence-electron chi connectivity index (χ1n) is 6.49. The average Bonchev–Trinajstić information content (AvgIpc) is 2.85. The maximum Gasteiger partial charge on any atom is 0.257 e. The van der Waals surface area contributed by atoms with E-state index in [-0.39, 0.29) is 11.9 Å². The van der Waals surface area contributed by atoms with Crippen LogP contribution in [0.1, 0.15) is 23.7 Å². The van der Waals surface area contributed by atoms with E-state index in [9.17, 15) is 4.79 Å². The van der Waals surface area contributed by atoms with Gasteiger partial charge in [0, 0.05) is 31.5 Å². The molecule has 0 radical (unpaired) electrons. The zero-order valence-corrected chi connectivity index (χ0v) is 10.9. The van der Waals surface area contributed by atoms with Crippen LogP contribution in [-0.2, 0) is 0 Å². The van der Waals surface area contributed by atoms with Crippen LogP contribution in [0.25, 0.3) is 5.52 Å². The van der Waals surface area contributed by atoms with Crippen LogP contribution in [0, 0.1) is 5.92 Å². The molecule has 1 aliphatic heterocycles. The predicted octanol–water partition coefficient (Wildman–Crippen LogP) is 0.539. The highest BCUT2D eigenvalue weighted by atomic mass is 16.2. The second-order valence-corrected chi connectivity index (χ2v) is 5.15. The molecule has 1 amide bonds. The van der Waals surface area contributed by atoms with Gasteiger partial charge in [-0.15, -0.1) is 0 Å². The highest BCUT2D eigenvalue weighted by Crippen LogP contribution is 2.19. The molecule has 1 fully saturated rings. The minimum absolute atomic E-state index is 0.00894. The van der Waals surface area contributed by atoms with Gasteiger partial charge in [-0.05, 0) is 12.3 Å². The minimum atomic E-state index is -0.00894. The van der Waals surface area contributed by atoms with Crippen molar-refractivity contribution >= 4 is 11.4 Å². The average molecular weight is 259 g/mol. The number of nitrogens with zero attached hydrogens (tertiary/aromatic N) is 4. The summed E-state index contributed by atoms with van der Waals surface area (Å²) >= 11 is 0. The summed E-state index contributed by atoms with van der Waals surface area (Å²) in [7, 11) is 0. The van der Waals surface area contributed by atoms with Gasteiger partial charge in [0.1, 0.15) is 0 Å². The van der Waals surface area contributed by atoms with Gasteiger partial charge < -0.3 is 10.6 Å². The lowest BCUT2D eigenvalue weighted by atomic mass is 9.94. The first-order chi connectivity index (χ1) is 9.16. The van der Waals surface area contributed by atoms with Crippen molar-refractivity contribution in [2.75, 3.05) is 13.1 Å². The summed E-state index contributed by atoms with van der Waals surface area (Å²) in [5.74, 6) is 0.458. The lowest BCUT2D eigenvalue weighted by Crippen LogP contribution is -2.49. The Balaban J connectivity index is 1.88. The van der Waals surface area contributed by atoms with Crippen molar-refractivity contribution in [2.24, 2.45) is 11.7 Å². The van der Waals surface area contributed by atoms with Gasteiger partial charge in [0.2, 0.25) is 0 Å². The summed E-state index contributed by atoms with van der Waals surface area (Å²) in [6.45, 7) is 3.49. The van der Waals surface area contributed by atoms with Crippen molar-refractivity contribution in [3.8, 4) is 0 Å². The van der Waals surface area contributed by atoms with Crippen LogP contribution in [0.2, 0.25) is 0 Å². The number of hydrogen-bond acceptors (Lipinski definition) is 4. The number of carbonyl (C=O) groups excluding carboxylic acids is 1. The fraction of sp³-hybridized carbons (Fsp3) is 0.462. The predicted molar refractivity (Wildman–Crippen MR) is 70.6 cm³/mol. The molecule has 2 unspecified atom stereocenters. The van der Waals surface area contributed by atoms with Crippen LogP contribution in [-0.4, -0.2) is 44.5 Å². The van der Waals surface area contributed by atoms with Gasteiger partial charge in [-0.2, -0.15) is 5.10 Å². The quantitative estimate of drug-likeness (QED) is 0.811. The molecule has 3 heterocycles. The third-order valence-electron chi connectivity index (χ3n) is 3.86. The molecule has 2 atom stereocenters. The lowest BCUT2D eigenvalue weighted by Gasteiger charge is -2.34. The summed E-state index contributed by atoms with van der Waals surface area (Å²) in [4.78, 5) is 18.4. The number of hydrogen-bond donors (Lipinski definition) is 1. The Morgan fingerprint density at radius 2 is 2.32 bits per heavy atom. The van der Waals surface area contributed by atoms with E-state index in [1.54, 1.807) is 29.3 Å². The van der Waals surface area contributed by atoms with Gasteiger partial charge in [-0.25, -0.2) is 4.52 Å². The number of aromatic nitrogens is 3. The Morgan fingerprint density at radius 3 is 3.11 bits per heavy atom. The van der Waals surface area contributed by atoms with Gasteiger partial charge in [-0.1, -0.05) is 6.92 Å². The summed E-state index contributed by atoms with van der Waals surface area (Å²) in [5.41, 5.74) is 7.37. The Labute approximate surface area is 111 Å². The van der Waals surface area contributed by atoms with Crippen LogP contribution in [0.3, 0.4) is 0 Å². The van der Waals surface area contributed by atoms with Crippen molar-refractivity contribution in [3.63, 3.8) is 0 Å². The van der Waals surface area contributed by atoms with Gasteiger partial charge in [0.15, 0.2) is 0 Å². The summed E-state index contributed by atoms with van der Waals surface area (Å²) in [6, 6.07) is 0.0534. The molecule has 0 bridgehead atoms. The molecule has 0 aliphatic carbocycles. The van der Waals surface area contributed by atoms with Gasteiger partial charge in [0.25, 0.3) is 5.91 Å². The molecule has 0 spiro atoms. The topological polar surface area (TPSA) is 76.5 Å². The monoisotopic (exact) mass is 259 g/mol. The maximum atomic E-state index is 12.5. The molecular weight excluding hydrogens is 242 g/mol. The second kappa shape index (κ2) is 4.62. The molecule has 1 saturated heterocycles. The van der Waals surface area contributed by atoms with Crippen LogP contribution < -0.4 is 5.73 Å². The van der Waals surface area contributed by atoms with Crippen LogP contribution in [0.15, 0.2) is 24.8 Å². The number of likely N-dealkylation sites (tertiary alicyclic amines) is 1. The molecule has 6 nitrogen and oxygen atoms in total. The Morgan fingerprint density at radius 1 is 1.47 bits per heavy atom. The molecule has 100 valence electrons. The fourth-order valence-corrected chi connectivity index (χ4v) is 2.45. The maximum absolute atomic E-state index is 12.5. The number of piperidine rings is 1. The third-order valence-corrected chi connectivity index (χ3v) is 3.86. The number of fused-ring (bicyclic) bond motifs is 1. The Hall–Kier alpha value is -1.95. The molecule has 0 saturated carbocycles. The number of rotatable bonds is 1. The Kier molecular flexibility index (Phi) is 2.94. The second-order valence-electron chi connectivity index (χ2n) is 5.15. The summed E-state index contributed by atoms with van der Waals surface area (Å²) < 4.78 is 1.66. The fourth-order valence-electron chi connectivity index (χ4n) is 2.45. The molecule has 0 aromatic carbocycles. The summed E-state index contributed by atoms with van der Waals surface area (Å²) in [5, 5.41) is 4.17. The van der Waals surface area contributed by atoms with E-state index in [0.29, 0.717) is 18.0 Å². The van der Waals surface area contributed by atoms with Crippen molar-refractivity contribution in [3.05, 3.63) is 30.4 Å². The lowest BCUT2D eigenvalue weighted by molar-refractivity contribution is 0.0674. The van der Waals surface area contributed by atoms with E-state index in [1.165, 1.54) is 0 Å². The number of carbonyl (C=O) groups is 1. The van der Waals surface area contributed by atoms with Crippen LogP contribution >= 0.6 is 0 Å². The highest BCUT2D eigenvalue weighted by Gasteiger charge is 2.28. The SMILES string of the molecule is CC1CCN(C(=O)c2cnn3ccncc23)CC1N. The molecular formula is C13H17N5O. The molecule has 2 aromatic rings. The standard InChI is InChI=1S/C13H17N5O/c1-9-2-4-17(8-11(9)14)13(19)10-6-16-18-5-3-15-7-12(10)18/h3,5-7,9,11H,2,4,8,14H2,1H3. The molecule has 6 heteroatoms. The Bertz CT molecular complexity index is 608. The van der Waals surface area contributed by atoms with Gasteiger partial charge in [0.05, 0.1) is 23.5 Å². The molecule has 2 N–H and O–H groups in total. The van der Waals surface area contributed by atoms with Crippen molar-refractivity contribution in [1.29, 1.82) is 0 Å². The third kappa shape index (κ3) is 2.08. The van der Waals surface area contributed by atoms with E-state index in [2.05, 4.69) is 17.0 Å². The van der Waals surface area contributed by atoms with Crippen molar-refractivity contribution < 1.29 is 4.79 Å². The minimum Gasteiger partial charge on any atom is -0.337 e. The van der Waals surface area contributed by atoms with Crippen molar-refractivity contribution in [2.45, 2.75) is 19.4 Å². The zero-order valence-electron chi connectivity index (χ0n) is 10.9. The van der Waals surface area contributed by atoms with Gasteiger partial charge >= 0.3 is 0 Å². The normalized spacial score (nSPS) is 23.8. The van der Waals surface area contributed by atoms with E-state index >= 15 is 0 Å². The smallest absolute Gasteiger partial charge is 0.257 e. The first-order valence-corrected chi connectivity index (χ1v) is 6.49. The number of amides is 1. The highest BCUT2D eigenvalue weighted by molar-refractivity contribution is 6.00. The zero-order chi connectivity index (χ0) is 13.4. The van der Waals surface area contributed by atoms with Crippen LogP contribution in [0.5, 0.6) is 0 Å². The number of nitrogens with two attached hydrogens (primary N) is 1. The largest absolute Gasteiger partial charge is 0.337 e.